The van der Waals surface area contributed by atoms with E-state index in [9.17, 15) is 22.0 Å². The van der Waals surface area contributed by atoms with E-state index in [1.807, 2.05) is 6.92 Å². The van der Waals surface area contributed by atoms with Gasteiger partial charge in [-0.2, -0.15) is 4.31 Å². The molecule has 1 amide bonds. The Kier molecular flexibility index (Phi) is 5.86. The highest BCUT2D eigenvalue weighted by Gasteiger charge is 2.25. The van der Waals surface area contributed by atoms with Crippen LogP contribution in [0.5, 0.6) is 0 Å². The molecule has 2 aromatic rings. The van der Waals surface area contributed by atoms with Crippen LogP contribution in [0.25, 0.3) is 0 Å². The Bertz CT molecular complexity index is 848. The van der Waals surface area contributed by atoms with Gasteiger partial charge in [-0.25, -0.2) is 17.2 Å². The van der Waals surface area contributed by atoms with Crippen molar-refractivity contribution in [1.82, 2.24) is 4.31 Å². The second-order valence-corrected chi connectivity index (χ2v) is 7.33. The lowest BCUT2D eigenvalue weighted by atomic mass is 10.2. The number of para-hydroxylation sites is 1. The molecule has 0 saturated heterocycles. The second-order valence-electron chi connectivity index (χ2n) is 5.39. The molecule has 0 radical (unpaired) electrons. The molecular weight excluding hydrogens is 350 g/mol. The summed E-state index contributed by atoms with van der Waals surface area (Å²) in [5.41, 5.74) is 0.297. The molecule has 0 fully saturated rings. The van der Waals surface area contributed by atoms with Crippen molar-refractivity contribution in [2.24, 2.45) is 0 Å². The van der Waals surface area contributed by atoms with Crippen LogP contribution in [0.4, 0.5) is 14.5 Å². The number of sulfonamides is 1. The number of rotatable bonds is 6. The van der Waals surface area contributed by atoms with Crippen molar-refractivity contribution in [1.29, 1.82) is 0 Å². The number of nitrogens with zero attached hydrogens (tertiary/aromatic N) is 1. The van der Waals surface area contributed by atoms with Gasteiger partial charge in [-0.3, -0.25) is 4.79 Å². The Hall–Kier alpha value is -2.32. The average molecular weight is 368 g/mol. The van der Waals surface area contributed by atoms with Crippen molar-refractivity contribution in [3.8, 4) is 0 Å². The van der Waals surface area contributed by atoms with E-state index in [0.717, 1.165) is 22.0 Å². The lowest BCUT2D eigenvalue weighted by molar-refractivity contribution is -0.116. The Morgan fingerprint density at radius 1 is 1.08 bits per heavy atom. The molecule has 8 heteroatoms. The van der Waals surface area contributed by atoms with Crippen LogP contribution in [-0.2, 0) is 14.8 Å². The third-order valence-electron chi connectivity index (χ3n) is 3.56. The number of hydrogen-bond acceptors (Lipinski definition) is 3. The molecule has 0 aliphatic rings. The van der Waals surface area contributed by atoms with Gasteiger partial charge in [-0.1, -0.05) is 30.7 Å². The van der Waals surface area contributed by atoms with Gasteiger partial charge >= 0.3 is 0 Å². The summed E-state index contributed by atoms with van der Waals surface area (Å²) in [5, 5.41) is 2.08. The van der Waals surface area contributed by atoms with Crippen LogP contribution in [0.15, 0.2) is 47.4 Å². The molecule has 1 N–H and O–H groups in total. The number of amides is 1. The summed E-state index contributed by atoms with van der Waals surface area (Å²) in [5.74, 6) is -2.70. The number of anilines is 1. The molecule has 0 aromatic heterocycles. The quantitative estimate of drug-likeness (QED) is 0.853. The smallest absolute Gasteiger partial charge is 0.243 e. The van der Waals surface area contributed by atoms with E-state index < -0.39 is 39.8 Å². The van der Waals surface area contributed by atoms with Crippen LogP contribution < -0.4 is 5.32 Å². The van der Waals surface area contributed by atoms with Gasteiger partial charge in [0.2, 0.25) is 15.9 Å². The number of likely N-dealkylation sites (N-methyl/N-ethyl adjacent to an activating group) is 1. The number of nitrogens with one attached hydrogen (secondary N) is 1. The van der Waals surface area contributed by atoms with Crippen molar-refractivity contribution >= 4 is 21.6 Å². The minimum Gasteiger partial charge on any atom is -0.320 e. The first-order valence-electron chi connectivity index (χ1n) is 7.56. The van der Waals surface area contributed by atoms with Gasteiger partial charge < -0.3 is 5.32 Å². The van der Waals surface area contributed by atoms with E-state index in [-0.39, 0.29) is 11.4 Å². The van der Waals surface area contributed by atoms with E-state index in [4.69, 9.17) is 0 Å². The van der Waals surface area contributed by atoms with Crippen molar-refractivity contribution in [2.75, 3.05) is 18.4 Å². The number of halogens is 2. The fourth-order valence-corrected chi connectivity index (χ4v) is 3.59. The standard InChI is InChI=1S/C17H18F2N2O3S/c1-3-21(25(23,24)13-9-7-12(2)8-10-13)11-16(22)20-17-14(18)5-4-6-15(17)19/h4-10H,3,11H2,1-2H3,(H,20,22). The fraction of sp³-hybridized carbons (Fsp3) is 0.235. The highest BCUT2D eigenvalue weighted by Crippen LogP contribution is 2.19. The van der Waals surface area contributed by atoms with Gasteiger partial charge in [0.15, 0.2) is 0 Å². The van der Waals surface area contributed by atoms with Gasteiger partial charge in [-0.05, 0) is 31.2 Å². The number of carbonyl (C=O) groups is 1. The monoisotopic (exact) mass is 368 g/mol. The van der Waals surface area contributed by atoms with E-state index in [0.29, 0.717) is 0 Å². The van der Waals surface area contributed by atoms with Gasteiger partial charge in [0.25, 0.3) is 0 Å². The number of hydrogen-bond donors (Lipinski definition) is 1. The first-order chi connectivity index (χ1) is 11.8. The molecule has 0 atom stereocenters. The van der Waals surface area contributed by atoms with Gasteiger partial charge in [-0.15, -0.1) is 0 Å². The molecule has 0 aliphatic carbocycles. The predicted octanol–water partition coefficient (Wildman–Crippen LogP) is 2.92. The summed E-state index contributed by atoms with van der Waals surface area (Å²) < 4.78 is 53.3. The molecule has 0 bridgehead atoms. The van der Waals surface area contributed by atoms with E-state index in [1.165, 1.54) is 18.2 Å². The maximum absolute atomic E-state index is 13.6. The Balaban J connectivity index is 2.18. The molecule has 5 nitrogen and oxygen atoms in total. The van der Waals surface area contributed by atoms with Crippen LogP contribution >= 0.6 is 0 Å². The number of benzene rings is 2. The molecule has 0 spiro atoms. The van der Waals surface area contributed by atoms with Gasteiger partial charge in [0.05, 0.1) is 11.4 Å². The SMILES string of the molecule is CCN(CC(=O)Nc1c(F)cccc1F)S(=O)(=O)c1ccc(C)cc1. The molecule has 134 valence electrons. The normalized spacial score (nSPS) is 11.6. The zero-order valence-corrected chi connectivity index (χ0v) is 14.6. The molecule has 0 heterocycles. The fourth-order valence-electron chi connectivity index (χ4n) is 2.18. The van der Waals surface area contributed by atoms with Crippen LogP contribution in [0.2, 0.25) is 0 Å². The van der Waals surface area contributed by atoms with Crippen LogP contribution in [0.1, 0.15) is 12.5 Å². The Morgan fingerprint density at radius 3 is 2.16 bits per heavy atom. The summed E-state index contributed by atoms with van der Waals surface area (Å²) in [6.45, 7) is 2.87. The van der Waals surface area contributed by atoms with Crippen LogP contribution in [0.3, 0.4) is 0 Å². The summed E-state index contributed by atoms with van der Waals surface area (Å²) in [7, 11) is -3.89. The number of aryl methyl sites for hydroxylation is 1. The Morgan fingerprint density at radius 2 is 1.64 bits per heavy atom. The van der Waals surface area contributed by atoms with Crippen LogP contribution in [0, 0.1) is 18.6 Å². The third-order valence-corrected chi connectivity index (χ3v) is 5.49. The van der Waals surface area contributed by atoms with Crippen LogP contribution in [-0.4, -0.2) is 31.7 Å². The molecular formula is C17H18F2N2O3S. The zero-order chi connectivity index (χ0) is 18.6. The summed E-state index contributed by atoms with van der Waals surface area (Å²) in [6.07, 6.45) is 0. The van der Waals surface area contributed by atoms with Crippen molar-refractivity contribution in [2.45, 2.75) is 18.7 Å². The van der Waals surface area contributed by atoms with E-state index in [2.05, 4.69) is 5.32 Å². The lowest BCUT2D eigenvalue weighted by Crippen LogP contribution is -2.38. The van der Waals surface area contributed by atoms with Crippen molar-refractivity contribution in [3.05, 3.63) is 59.7 Å². The maximum atomic E-state index is 13.6. The molecule has 0 unspecified atom stereocenters. The summed E-state index contributed by atoms with van der Waals surface area (Å²) in [6, 6.07) is 9.35. The topological polar surface area (TPSA) is 66.5 Å². The maximum Gasteiger partial charge on any atom is 0.243 e. The first-order valence-corrected chi connectivity index (χ1v) is 9.00. The summed E-state index contributed by atoms with van der Waals surface area (Å²) >= 11 is 0. The highest BCUT2D eigenvalue weighted by molar-refractivity contribution is 7.89. The Labute approximate surface area is 145 Å². The second kappa shape index (κ2) is 7.71. The van der Waals surface area contributed by atoms with Crippen molar-refractivity contribution in [3.63, 3.8) is 0 Å². The molecule has 0 saturated carbocycles. The zero-order valence-electron chi connectivity index (χ0n) is 13.8. The number of carbonyl (C=O) groups excluding carboxylic acids is 1. The molecule has 25 heavy (non-hydrogen) atoms. The average Bonchev–Trinajstić information content (AvgIpc) is 2.56. The minimum atomic E-state index is -3.89. The minimum absolute atomic E-state index is 0.0311. The van der Waals surface area contributed by atoms with Gasteiger partial charge in [0.1, 0.15) is 17.3 Å². The lowest BCUT2D eigenvalue weighted by Gasteiger charge is -2.20. The third kappa shape index (κ3) is 4.40. The van der Waals surface area contributed by atoms with Gasteiger partial charge in [0, 0.05) is 6.54 Å². The van der Waals surface area contributed by atoms with E-state index in [1.54, 1.807) is 19.1 Å². The first kappa shape index (κ1) is 19.0. The van der Waals surface area contributed by atoms with E-state index >= 15 is 0 Å². The molecule has 0 aliphatic heterocycles. The van der Waals surface area contributed by atoms with Crippen molar-refractivity contribution < 1.29 is 22.0 Å². The highest BCUT2D eigenvalue weighted by atomic mass is 32.2. The largest absolute Gasteiger partial charge is 0.320 e. The molecule has 2 aromatic carbocycles. The molecule has 2 rings (SSSR count). The predicted molar refractivity (Wildman–Crippen MR) is 90.6 cm³/mol. The summed E-state index contributed by atoms with van der Waals surface area (Å²) in [4.78, 5) is 12.1.